The fourth-order valence-corrected chi connectivity index (χ4v) is 2.18. The minimum atomic E-state index is -0.213. The van der Waals surface area contributed by atoms with Crippen molar-refractivity contribution in [2.75, 3.05) is 0 Å². The highest BCUT2D eigenvalue weighted by Crippen LogP contribution is 2.27. The maximum atomic E-state index is 12.3. The summed E-state index contributed by atoms with van der Waals surface area (Å²) in [6, 6.07) is 14.4. The predicted molar refractivity (Wildman–Crippen MR) is 70.3 cm³/mol. The number of carbonyl (C=O) groups is 2. The van der Waals surface area contributed by atoms with Crippen LogP contribution in [0.15, 0.2) is 48.5 Å². The van der Waals surface area contributed by atoms with E-state index >= 15 is 0 Å². The zero-order chi connectivity index (χ0) is 13.2. The van der Waals surface area contributed by atoms with E-state index in [9.17, 15) is 9.59 Å². The molecule has 0 fully saturated rings. The summed E-state index contributed by atoms with van der Waals surface area (Å²) in [5.41, 5.74) is 2.21. The molecule has 94 valence electrons. The first kappa shape index (κ1) is 11.7. The average Bonchev–Trinajstić information content (AvgIpc) is 2.47. The van der Waals surface area contributed by atoms with Crippen LogP contribution in [0.5, 0.6) is 5.75 Å². The van der Waals surface area contributed by atoms with E-state index < -0.39 is 0 Å². The smallest absolute Gasteiger partial charge is 0.311 e. The second kappa shape index (κ2) is 4.69. The van der Waals surface area contributed by atoms with Gasteiger partial charge >= 0.3 is 5.97 Å². The number of aryl methyl sites for hydroxylation is 1. The average molecular weight is 252 g/mol. The van der Waals surface area contributed by atoms with E-state index in [0.717, 1.165) is 5.56 Å². The Kier molecular flexibility index (Phi) is 2.88. The normalized spacial score (nSPS) is 13.6. The van der Waals surface area contributed by atoms with E-state index in [1.165, 1.54) is 0 Å². The Morgan fingerprint density at radius 1 is 0.947 bits per heavy atom. The monoisotopic (exact) mass is 252 g/mol. The van der Waals surface area contributed by atoms with E-state index in [1.54, 1.807) is 24.3 Å². The van der Waals surface area contributed by atoms with E-state index in [2.05, 4.69) is 0 Å². The third kappa shape index (κ3) is 2.27. The van der Waals surface area contributed by atoms with E-state index in [1.807, 2.05) is 24.3 Å². The number of ether oxygens (including phenoxy) is 1. The van der Waals surface area contributed by atoms with Crippen molar-refractivity contribution in [1.29, 1.82) is 0 Å². The summed E-state index contributed by atoms with van der Waals surface area (Å²) in [6.45, 7) is 0. The van der Waals surface area contributed by atoms with Gasteiger partial charge in [0.1, 0.15) is 5.75 Å². The molecule has 0 N–H and O–H groups in total. The molecule has 0 saturated carbocycles. The molecule has 1 heterocycles. The second-order valence-corrected chi connectivity index (χ2v) is 4.49. The molecule has 0 bridgehead atoms. The summed E-state index contributed by atoms with van der Waals surface area (Å²) in [5.74, 6) is 0.343. The molecule has 0 aromatic heterocycles. The predicted octanol–water partition coefficient (Wildman–Crippen LogP) is 2.77. The Morgan fingerprint density at radius 3 is 2.53 bits per heavy atom. The van der Waals surface area contributed by atoms with Crippen LogP contribution in [0, 0.1) is 0 Å². The molecule has 3 rings (SSSR count). The van der Waals surface area contributed by atoms with Crippen molar-refractivity contribution < 1.29 is 14.3 Å². The summed E-state index contributed by atoms with van der Waals surface area (Å²) >= 11 is 0. The number of rotatable bonds is 2. The Morgan fingerprint density at radius 2 is 1.74 bits per heavy atom. The van der Waals surface area contributed by atoms with Gasteiger partial charge in [0.05, 0.1) is 6.42 Å². The van der Waals surface area contributed by atoms with Gasteiger partial charge in [-0.05, 0) is 30.2 Å². The number of ketones is 1. The summed E-state index contributed by atoms with van der Waals surface area (Å²) in [5, 5.41) is 0. The molecule has 0 spiro atoms. The van der Waals surface area contributed by atoms with Crippen LogP contribution in [0.3, 0.4) is 0 Å². The highest BCUT2D eigenvalue weighted by molar-refractivity contribution is 6.09. The highest BCUT2D eigenvalue weighted by atomic mass is 16.5. The molecule has 3 heteroatoms. The summed E-state index contributed by atoms with van der Waals surface area (Å²) in [6.07, 6.45) is 1.00. The number of fused-ring (bicyclic) bond motifs is 1. The van der Waals surface area contributed by atoms with Crippen molar-refractivity contribution >= 4 is 11.8 Å². The van der Waals surface area contributed by atoms with E-state index in [-0.39, 0.29) is 11.8 Å². The number of hydrogen-bond acceptors (Lipinski definition) is 3. The Hall–Kier alpha value is -2.42. The highest BCUT2D eigenvalue weighted by Gasteiger charge is 2.19. The van der Waals surface area contributed by atoms with Gasteiger partial charge in [-0.25, -0.2) is 0 Å². The van der Waals surface area contributed by atoms with Gasteiger partial charge in [-0.15, -0.1) is 0 Å². The van der Waals surface area contributed by atoms with Crippen LogP contribution in [-0.2, 0) is 11.2 Å². The number of hydrogen-bond donors (Lipinski definition) is 0. The molecule has 0 amide bonds. The van der Waals surface area contributed by atoms with Gasteiger partial charge in [0, 0.05) is 11.1 Å². The quantitative estimate of drug-likeness (QED) is 0.469. The van der Waals surface area contributed by atoms with Crippen molar-refractivity contribution in [3.8, 4) is 5.75 Å². The van der Waals surface area contributed by atoms with Crippen molar-refractivity contribution in [1.82, 2.24) is 0 Å². The van der Waals surface area contributed by atoms with Crippen LogP contribution in [0.25, 0.3) is 0 Å². The fraction of sp³-hybridized carbons (Fsp3) is 0.125. The molecule has 2 aromatic carbocycles. The molecular formula is C16H12O3. The molecule has 0 saturated heterocycles. The first-order chi connectivity index (χ1) is 9.24. The molecule has 3 nitrogen and oxygen atoms in total. The lowest BCUT2D eigenvalue weighted by atomic mass is 9.98. The summed E-state index contributed by atoms with van der Waals surface area (Å²) < 4.78 is 5.12. The number of esters is 1. The topological polar surface area (TPSA) is 43.4 Å². The summed E-state index contributed by atoms with van der Waals surface area (Å²) in [4.78, 5) is 23.5. The molecule has 1 aliphatic heterocycles. The van der Waals surface area contributed by atoms with E-state index in [4.69, 9.17) is 4.74 Å². The summed E-state index contributed by atoms with van der Waals surface area (Å²) in [7, 11) is 0. The van der Waals surface area contributed by atoms with Crippen molar-refractivity contribution in [3.63, 3.8) is 0 Å². The molecule has 1 aliphatic rings. The molecule has 0 unspecified atom stereocenters. The van der Waals surface area contributed by atoms with Crippen LogP contribution >= 0.6 is 0 Å². The largest absolute Gasteiger partial charge is 0.426 e. The van der Waals surface area contributed by atoms with Gasteiger partial charge in [-0.3, -0.25) is 9.59 Å². The van der Waals surface area contributed by atoms with Gasteiger partial charge in [-0.2, -0.15) is 0 Å². The molecule has 0 atom stereocenters. The molecule has 2 aromatic rings. The SMILES string of the molecule is O=C1CCc2cc(C(=O)c3ccccc3)ccc2O1. The Labute approximate surface area is 110 Å². The van der Waals surface area contributed by atoms with E-state index in [0.29, 0.717) is 29.7 Å². The fourth-order valence-electron chi connectivity index (χ4n) is 2.18. The first-order valence-electron chi connectivity index (χ1n) is 6.17. The van der Waals surface area contributed by atoms with Crippen LogP contribution in [0.2, 0.25) is 0 Å². The third-order valence-electron chi connectivity index (χ3n) is 3.18. The molecule has 0 aliphatic carbocycles. The van der Waals surface area contributed by atoms with Crippen LogP contribution < -0.4 is 4.74 Å². The van der Waals surface area contributed by atoms with Crippen LogP contribution in [0.4, 0.5) is 0 Å². The first-order valence-corrected chi connectivity index (χ1v) is 6.17. The lowest BCUT2D eigenvalue weighted by Gasteiger charge is -2.16. The van der Waals surface area contributed by atoms with Gasteiger partial charge in [0.15, 0.2) is 5.78 Å². The standard InChI is InChI=1S/C16H12O3/c17-15-9-7-12-10-13(6-8-14(12)19-15)16(18)11-4-2-1-3-5-11/h1-6,8,10H,7,9H2. The zero-order valence-corrected chi connectivity index (χ0v) is 10.3. The maximum absolute atomic E-state index is 12.3. The maximum Gasteiger partial charge on any atom is 0.311 e. The molecule has 0 radical (unpaired) electrons. The molecule has 19 heavy (non-hydrogen) atoms. The van der Waals surface area contributed by atoms with Gasteiger partial charge in [0.25, 0.3) is 0 Å². The Balaban J connectivity index is 1.95. The minimum absolute atomic E-state index is 0.0136. The van der Waals surface area contributed by atoms with Crippen LogP contribution in [-0.4, -0.2) is 11.8 Å². The van der Waals surface area contributed by atoms with Gasteiger partial charge < -0.3 is 4.74 Å². The Bertz CT molecular complexity index is 644. The lowest BCUT2D eigenvalue weighted by molar-refractivity contribution is -0.135. The lowest BCUT2D eigenvalue weighted by Crippen LogP contribution is -2.16. The van der Waals surface area contributed by atoms with Crippen molar-refractivity contribution in [2.24, 2.45) is 0 Å². The number of benzene rings is 2. The third-order valence-corrected chi connectivity index (χ3v) is 3.18. The van der Waals surface area contributed by atoms with Crippen molar-refractivity contribution in [3.05, 3.63) is 65.2 Å². The number of carbonyl (C=O) groups excluding carboxylic acids is 2. The van der Waals surface area contributed by atoms with Gasteiger partial charge in [-0.1, -0.05) is 30.3 Å². The van der Waals surface area contributed by atoms with Crippen molar-refractivity contribution in [2.45, 2.75) is 12.8 Å². The van der Waals surface area contributed by atoms with Crippen LogP contribution in [0.1, 0.15) is 27.9 Å². The minimum Gasteiger partial charge on any atom is -0.426 e. The molecular weight excluding hydrogens is 240 g/mol. The van der Waals surface area contributed by atoms with Gasteiger partial charge in [0.2, 0.25) is 0 Å². The second-order valence-electron chi connectivity index (χ2n) is 4.49. The zero-order valence-electron chi connectivity index (χ0n) is 10.3.